The number of anilines is 1. The molecule has 3 aliphatic rings. The van der Waals surface area contributed by atoms with Gasteiger partial charge in [-0.15, -0.1) is 0 Å². The standard InChI is InChI=1S/C22H27N7O2/c1-28(11-19-16-5-3-2-4-6-17(16)26-27-19)21(30)22-13-29(10-15(22)12-31-14-22)20-18(9-23)24-7-8-25-20/h7-8,15H,2-6,10-14H2,1H3,(H,26,27)/t15-,22-/m0/s1. The molecule has 2 fully saturated rings. The second-order valence-corrected chi connectivity index (χ2v) is 8.94. The largest absolute Gasteiger partial charge is 0.380 e. The Morgan fingerprint density at radius 3 is 3.06 bits per heavy atom. The third kappa shape index (κ3) is 3.35. The normalized spacial score (nSPS) is 24.9. The topological polar surface area (TPSA) is 111 Å². The maximum atomic E-state index is 13.7. The van der Waals surface area contributed by atoms with Crippen LogP contribution in [-0.4, -0.2) is 64.3 Å². The highest BCUT2D eigenvalue weighted by molar-refractivity contribution is 5.85. The SMILES string of the molecule is CN(Cc1n[nH]c2c1CCCCC2)C(=O)[C@@]12COC[C@@H]1CN(c1nccnc1C#N)C2. The number of aromatic nitrogens is 4. The minimum atomic E-state index is -0.633. The Balaban J connectivity index is 1.37. The molecule has 162 valence electrons. The second kappa shape index (κ2) is 7.93. The van der Waals surface area contributed by atoms with Crippen molar-refractivity contribution < 1.29 is 9.53 Å². The van der Waals surface area contributed by atoms with Crippen molar-refractivity contribution in [3.05, 3.63) is 35.0 Å². The number of amides is 1. The van der Waals surface area contributed by atoms with E-state index in [-0.39, 0.29) is 11.8 Å². The van der Waals surface area contributed by atoms with Crippen LogP contribution in [0.4, 0.5) is 5.82 Å². The Kier molecular flexibility index (Phi) is 5.10. The molecule has 0 aromatic carbocycles. The number of carbonyl (C=O) groups excluding carboxylic acids is 1. The fraction of sp³-hybridized carbons (Fsp3) is 0.591. The minimum Gasteiger partial charge on any atom is -0.380 e. The van der Waals surface area contributed by atoms with Gasteiger partial charge in [-0.25, -0.2) is 9.97 Å². The van der Waals surface area contributed by atoms with E-state index in [0.29, 0.717) is 44.4 Å². The number of rotatable bonds is 4. The average Bonchev–Trinajstić information content (AvgIpc) is 3.41. The lowest BCUT2D eigenvalue weighted by atomic mass is 9.79. The molecule has 2 aliphatic heterocycles. The number of hydrogen-bond acceptors (Lipinski definition) is 7. The van der Waals surface area contributed by atoms with Gasteiger partial charge in [0.1, 0.15) is 6.07 Å². The van der Waals surface area contributed by atoms with Crippen molar-refractivity contribution in [1.82, 2.24) is 25.1 Å². The third-order valence-corrected chi connectivity index (χ3v) is 7.01. The first-order valence-corrected chi connectivity index (χ1v) is 11.0. The number of H-pyrrole nitrogens is 1. The number of nitriles is 1. The van der Waals surface area contributed by atoms with Crippen LogP contribution in [0, 0.1) is 22.7 Å². The van der Waals surface area contributed by atoms with Crippen LogP contribution in [0.3, 0.4) is 0 Å². The summed E-state index contributed by atoms with van der Waals surface area (Å²) in [6.07, 6.45) is 8.77. The summed E-state index contributed by atoms with van der Waals surface area (Å²) in [6.45, 7) is 2.53. The van der Waals surface area contributed by atoms with Gasteiger partial charge in [0.15, 0.2) is 11.5 Å². The van der Waals surface area contributed by atoms with E-state index >= 15 is 0 Å². The van der Waals surface area contributed by atoms with Crippen LogP contribution >= 0.6 is 0 Å². The molecule has 0 spiro atoms. The molecule has 2 atom stereocenters. The van der Waals surface area contributed by atoms with E-state index in [9.17, 15) is 10.1 Å². The molecule has 9 heteroatoms. The molecule has 5 rings (SSSR count). The molecule has 0 radical (unpaired) electrons. The summed E-state index contributed by atoms with van der Waals surface area (Å²) in [4.78, 5) is 26.0. The number of nitrogens with zero attached hydrogens (tertiary/aromatic N) is 6. The van der Waals surface area contributed by atoms with E-state index < -0.39 is 5.41 Å². The molecule has 4 heterocycles. The highest BCUT2D eigenvalue weighted by Gasteiger charge is 2.57. The van der Waals surface area contributed by atoms with E-state index in [1.807, 2.05) is 11.9 Å². The van der Waals surface area contributed by atoms with E-state index in [2.05, 4.69) is 26.2 Å². The molecule has 0 saturated carbocycles. The van der Waals surface area contributed by atoms with Crippen LogP contribution in [0.5, 0.6) is 0 Å². The first-order chi connectivity index (χ1) is 15.1. The summed E-state index contributed by atoms with van der Waals surface area (Å²) < 4.78 is 5.77. The lowest BCUT2D eigenvalue weighted by Gasteiger charge is -2.31. The number of aromatic amines is 1. The highest BCUT2D eigenvalue weighted by Crippen LogP contribution is 2.44. The van der Waals surface area contributed by atoms with E-state index in [0.717, 1.165) is 18.5 Å². The molecule has 2 aromatic rings. The molecule has 1 amide bonds. The van der Waals surface area contributed by atoms with Crippen molar-refractivity contribution in [3.8, 4) is 6.07 Å². The van der Waals surface area contributed by atoms with Crippen LogP contribution in [0.15, 0.2) is 12.4 Å². The third-order valence-electron chi connectivity index (χ3n) is 7.01. The summed E-state index contributed by atoms with van der Waals surface area (Å²) in [5.74, 6) is 0.685. The zero-order chi connectivity index (χ0) is 21.4. The Bertz CT molecular complexity index is 1030. The average molecular weight is 422 g/mol. The lowest BCUT2D eigenvalue weighted by Crippen LogP contribution is -2.47. The summed E-state index contributed by atoms with van der Waals surface area (Å²) >= 11 is 0. The Morgan fingerprint density at radius 1 is 1.35 bits per heavy atom. The van der Waals surface area contributed by atoms with Crippen LogP contribution in [0.1, 0.15) is 41.9 Å². The predicted octanol–water partition coefficient (Wildman–Crippen LogP) is 1.45. The van der Waals surface area contributed by atoms with Gasteiger partial charge >= 0.3 is 0 Å². The highest BCUT2D eigenvalue weighted by atomic mass is 16.5. The van der Waals surface area contributed by atoms with Crippen molar-refractivity contribution >= 4 is 11.7 Å². The van der Waals surface area contributed by atoms with Crippen LogP contribution < -0.4 is 4.90 Å². The zero-order valence-electron chi connectivity index (χ0n) is 17.8. The predicted molar refractivity (Wildman–Crippen MR) is 112 cm³/mol. The smallest absolute Gasteiger partial charge is 0.233 e. The molecule has 1 N–H and O–H groups in total. The second-order valence-electron chi connectivity index (χ2n) is 8.94. The number of carbonyl (C=O) groups is 1. The summed E-state index contributed by atoms with van der Waals surface area (Å²) in [5.41, 5.74) is 3.16. The van der Waals surface area contributed by atoms with E-state index in [1.165, 1.54) is 36.7 Å². The van der Waals surface area contributed by atoms with Gasteiger partial charge in [-0.2, -0.15) is 10.4 Å². The summed E-state index contributed by atoms with van der Waals surface area (Å²) in [7, 11) is 1.86. The molecule has 2 saturated heterocycles. The lowest BCUT2D eigenvalue weighted by molar-refractivity contribution is -0.141. The molecule has 0 bridgehead atoms. The van der Waals surface area contributed by atoms with Gasteiger partial charge in [-0.1, -0.05) is 6.42 Å². The van der Waals surface area contributed by atoms with Crippen LogP contribution in [-0.2, 0) is 28.9 Å². The van der Waals surface area contributed by atoms with Gasteiger partial charge in [0.25, 0.3) is 0 Å². The number of ether oxygens (including phenoxy) is 1. The first-order valence-electron chi connectivity index (χ1n) is 11.0. The van der Waals surface area contributed by atoms with Gasteiger partial charge in [-0.3, -0.25) is 9.89 Å². The van der Waals surface area contributed by atoms with Crippen molar-refractivity contribution in [2.75, 3.05) is 38.3 Å². The monoisotopic (exact) mass is 421 g/mol. The molecular weight excluding hydrogens is 394 g/mol. The number of nitrogens with one attached hydrogen (secondary N) is 1. The Hall–Kier alpha value is -2.99. The van der Waals surface area contributed by atoms with Gasteiger partial charge in [0, 0.05) is 44.1 Å². The van der Waals surface area contributed by atoms with Crippen molar-refractivity contribution in [2.45, 2.75) is 38.6 Å². The van der Waals surface area contributed by atoms with Crippen molar-refractivity contribution in [1.29, 1.82) is 5.26 Å². The maximum Gasteiger partial charge on any atom is 0.233 e. The van der Waals surface area contributed by atoms with Gasteiger partial charge < -0.3 is 14.5 Å². The summed E-state index contributed by atoms with van der Waals surface area (Å²) in [5, 5.41) is 17.2. The first kappa shape index (κ1) is 19.9. The number of fused-ring (bicyclic) bond motifs is 2. The van der Waals surface area contributed by atoms with Gasteiger partial charge in [0.05, 0.1) is 30.9 Å². The fourth-order valence-corrected chi connectivity index (χ4v) is 5.37. The Morgan fingerprint density at radius 2 is 2.19 bits per heavy atom. The summed E-state index contributed by atoms with van der Waals surface area (Å²) in [6, 6.07) is 2.11. The maximum absolute atomic E-state index is 13.7. The molecule has 0 unspecified atom stereocenters. The van der Waals surface area contributed by atoms with Gasteiger partial charge in [0.2, 0.25) is 5.91 Å². The Labute approximate surface area is 181 Å². The number of hydrogen-bond donors (Lipinski definition) is 1. The zero-order valence-corrected chi connectivity index (χ0v) is 17.8. The van der Waals surface area contributed by atoms with Gasteiger partial charge in [-0.05, 0) is 31.2 Å². The van der Waals surface area contributed by atoms with Crippen molar-refractivity contribution in [3.63, 3.8) is 0 Å². The fourth-order valence-electron chi connectivity index (χ4n) is 5.37. The molecule has 1 aliphatic carbocycles. The van der Waals surface area contributed by atoms with Crippen LogP contribution in [0.2, 0.25) is 0 Å². The molecule has 9 nitrogen and oxygen atoms in total. The number of aryl methyl sites for hydroxylation is 1. The van der Waals surface area contributed by atoms with E-state index in [1.54, 1.807) is 11.1 Å². The van der Waals surface area contributed by atoms with Crippen molar-refractivity contribution in [2.24, 2.45) is 11.3 Å². The molecule has 2 aromatic heterocycles. The quantitative estimate of drug-likeness (QED) is 0.744. The minimum absolute atomic E-state index is 0.0623. The molecular formula is C22H27N7O2. The van der Waals surface area contributed by atoms with E-state index in [4.69, 9.17) is 4.74 Å². The molecule has 31 heavy (non-hydrogen) atoms. The van der Waals surface area contributed by atoms with Crippen LogP contribution in [0.25, 0.3) is 0 Å².